The van der Waals surface area contributed by atoms with Crippen molar-refractivity contribution in [2.24, 2.45) is 0 Å². The second-order valence-corrected chi connectivity index (χ2v) is 5.30. The zero-order chi connectivity index (χ0) is 16.8. The maximum absolute atomic E-state index is 13.7. The number of amides is 1. The molecule has 7 heteroatoms. The minimum atomic E-state index is -0.894. The Balaban J connectivity index is 1.84. The summed E-state index contributed by atoms with van der Waals surface area (Å²) in [6.45, 7) is 0. The molecule has 0 bridgehead atoms. The number of aromatic nitrogens is 2. The molecular formula is C17H11F2N3O2. The van der Waals surface area contributed by atoms with E-state index in [1.165, 1.54) is 12.3 Å². The summed E-state index contributed by atoms with van der Waals surface area (Å²) in [6.07, 6.45) is 1.38. The lowest BCUT2D eigenvalue weighted by molar-refractivity contribution is 0.102. The summed E-state index contributed by atoms with van der Waals surface area (Å²) in [7, 11) is 0. The van der Waals surface area contributed by atoms with E-state index in [1.807, 2.05) is 24.3 Å². The number of H-pyrrole nitrogens is 1. The number of imidazole rings is 1. The molecule has 5 nitrogen and oxygen atoms in total. The minimum Gasteiger partial charge on any atom is -0.505 e. The van der Waals surface area contributed by atoms with E-state index in [9.17, 15) is 18.7 Å². The molecule has 0 unspecified atom stereocenters. The van der Waals surface area contributed by atoms with E-state index < -0.39 is 23.2 Å². The maximum Gasteiger partial charge on any atom is 0.263 e. The van der Waals surface area contributed by atoms with Crippen molar-refractivity contribution < 1.29 is 18.7 Å². The topological polar surface area (TPSA) is 69.5 Å². The van der Waals surface area contributed by atoms with Crippen LogP contribution in [-0.4, -0.2) is 20.4 Å². The molecule has 3 N–H and O–H groups in total. The van der Waals surface area contributed by atoms with Crippen molar-refractivity contribution in [2.75, 3.05) is 5.32 Å². The molecule has 2 aromatic heterocycles. The van der Waals surface area contributed by atoms with Crippen molar-refractivity contribution in [1.82, 2.24) is 9.38 Å². The molecule has 0 aliphatic rings. The second kappa shape index (κ2) is 5.09. The number of hydrogen-bond donors (Lipinski definition) is 3. The first kappa shape index (κ1) is 14.3. The molecule has 0 saturated carbocycles. The van der Waals surface area contributed by atoms with Crippen molar-refractivity contribution in [2.45, 2.75) is 0 Å². The Kier molecular flexibility index (Phi) is 3.02. The van der Waals surface area contributed by atoms with Crippen molar-refractivity contribution in [1.29, 1.82) is 0 Å². The van der Waals surface area contributed by atoms with Gasteiger partial charge in [-0.1, -0.05) is 18.2 Å². The first-order valence-corrected chi connectivity index (χ1v) is 7.12. The highest BCUT2D eigenvalue weighted by atomic mass is 19.1. The number of anilines is 1. The van der Waals surface area contributed by atoms with E-state index in [-0.39, 0.29) is 11.3 Å². The molecule has 120 valence electrons. The van der Waals surface area contributed by atoms with Crippen LogP contribution in [0.3, 0.4) is 0 Å². The number of rotatable bonds is 2. The number of aromatic hydroxyl groups is 1. The Labute approximate surface area is 134 Å². The number of carbonyl (C=O) groups is 1. The van der Waals surface area contributed by atoms with Gasteiger partial charge in [0.25, 0.3) is 5.91 Å². The van der Waals surface area contributed by atoms with Crippen LogP contribution in [0.1, 0.15) is 10.4 Å². The van der Waals surface area contributed by atoms with Gasteiger partial charge >= 0.3 is 0 Å². The van der Waals surface area contributed by atoms with Crippen LogP contribution in [0.4, 0.5) is 14.5 Å². The van der Waals surface area contributed by atoms with Gasteiger partial charge in [0.15, 0.2) is 0 Å². The summed E-state index contributed by atoms with van der Waals surface area (Å²) in [5.74, 6) is -2.89. The Morgan fingerprint density at radius 1 is 1.08 bits per heavy atom. The van der Waals surface area contributed by atoms with Gasteiger partial charge in [-0.05, 0) is 24.3 Å². The minimum absolute atomic E-state index is 0.0890. The van der Waals surface area contributed by atoms with E-state index in [0.717, 1.165) is 23.2 Å². The van der Waals surface area contributed by atoms with Crippen molar-refractivity contribution in [3.63, 3.8) is 0 Å². The molecular weight excluding hydrogens is 316 g/mol. The quantitative estimate of drug-likeness (QED) is 0.526. The predicted octanol–water partition coefficient (Wildman–Crippen LogP) is 3.66. The lowest BCUT2D eigenvalue weighted by Gasteiger charge is -2.06. The normalized spacial score (nSPS) is 11.2. The third kappa shape index (κ3) is 2.02. The SMILES string of the molecule is O=C(Nc1c(F)cccc1F)c1c(O)cn2c1[nH]c1ccccc12. The molecule has 24 heavy (non-hydrogen) atoms. The highest BCUT2D eigenvalue weighted by Gasteiger charge is 2.22. The van der Waals surface area contributed by atoms with E-state index in [0.29, 0.717) is 5.65 Å². The van der Waals surface area contributed by atoms with Crippen LogP contribution in [0.2, 0.25) is 0 Å². The number of nitrogens with one attached hydrogen (secondary N) is 2. The van der Waals surface area contributed by atoms with Gasteiger partial charge < -0.3 is 15.4 Å². The number of hydrogen-bond acceptors (Lipinski definition) is 2. The van der Waals surface area contributed by atoms with Crippen LogP contribution in [0.25, 0.3) is 16.7 Å². The molecule has 2 heterocycles. The maximum atomic E-state index is 13.7. The van der Waals surface area contributed by atoms with Gasteiger partial charge in [-0.2, -0.15) is 0 Å². The first-order valence-electron chi connectivity index (χ1n) is 7.12. The molecule has 0 saturated heterocycles. The van der Waals surface area contributed by atoms with Crippen LogP contribution in [-0.2, 0) is 0 Å². The standard InChI is InChI=1S/C17H11F2N3O2/c18-9-4-3-5-10(19)15(9)21-17(24)14-13(23)8-22-12-7-2-1-6-11(12)20-16(14)22/h1-8,20,23H,(H,21,24). The third-order valence-corrected chi connectivity index (χ3v) is 3.83. The molecule has 0 spiro atoms. The van der Waals surface area contributed by atoms with Gasteiger partial charge in [0.2, 0.25) is 0 Å². The molecule has 4 aromatic rings. The van der Waals surface area contributed by atoms with E-state index in [1.54, 1.807) is 4.40 Å². The van der Waals surface area contributed by atoms with Crippen molar-refractivity contribution in [3.05, 3.63) is 65.9 Å². The lowest BCUT2D eigenvalue weighted by Crippen LogP contribution is -2.14. The average molecular weight is 327 g/mol. The van der Waals surface area contributed by atoms with Crippen LogP contribution < -0.4 is 5.32 Å². The summed E-state index contributed by atoms with van der Waals surface area (Å²) in [5, 5.41) is 12.3. The summed E-state index contributed by atoms with van der Waals surface area (Å²) < 4.78 is 29.0. The van der Waals surface area contributed by atoms with Gasteiger partial charge in [0, 0.05) is 0 Å². The molecule has 4 rings (SSSR count). The van der Waals surface area contributed by atoms with E-state index >= 15 is 0 Å². The second-order valence-electron chi connectivity index (χ2n) is 5.30. The monoisotopic (exact) mass is 327 g/mol. The Hall–Kier alpha value is -3.35. The van der Waals surface area contributed by atoms with Gasteiger partial charge in [-0.15, -0.1) is 0 Å². The number of carbonyl (C=O) groups excluding carboxylic acids is 1. The molecule has 0 atom stereocenters. The van der Waals surface area contributed by atoms with E-state index in [2.05, 4.69) is 10.3 Å². The highest BCUT2D eigenvalue weighted by molar-refractivity contribution is 6.11. The van der Waals surface area contributed by atoms with E-state index in [4.69, 9.17) is 0 Å². The largest absolute Gasteiger partial charge is 0.505 e. The predicted molar refractivity (Wildman–Crippen MR) is 85.2 cm³/mol. The smallest absolute Gasteiger partial charge is 0.263 e. The average Bonchev–Trinajstić information content (AvgIpc) is 3.05. The number of halogens is 2. The summed E-state index contributed by atoms with van der Waals surface area (Å²) in [6, 6.07) is 10.6. The van der Waals surface area contributed by atoms with Gasteiger partial charge in [0.05, 0.1) is 17.2 Å². The Morgan fingerprint density at radius 2 is 1.79 bits per heavy atom. The van der Waals surface area contributed by atoms with Crippen molar-refractivity contribution in [3.8, 4) is 5.75 Å². The molecule has 0 aliphatic heterocycles. The summed E-state index contributed by atoms with van der Waals surface area (Å²) in [4.78, 5) is 15.5. The fourth-order valence-electron chi connectivity index (χ4n) is 2.74. The summed E-state index contributed by atoms with van der Waals surface area (Å²) >= 11 is 0. The third-order valence-electron chi connectivity index (χ3n) is 3.83. The molecule has 2 aromatic carbocycles. The number of fused-ring (bicyclic) bond motifs is 3. The molecule has 0 radical (unpaired) electrons. The van der Waals surface area contributed by atoms with Crippen LogP contribution in [0.15, 0.2) is 48.7 Å². The van der Waals surface area contributed by atoms with Gasteiger partial charge in [-0.25, -0.2) is 8.78 Å². The van der Waals surface area contributed by atoms with Gasteiger partial charge in [0.1, 0.15) is 34.3 Å². The van der Waals surface area contributed by atoms with Crippen LogP contribution in [0.5, 0.6) is 5.75 Å². The molecule has 0 aliphatic carbocycles. The first-order chi connectivity index (χ1) is 11.6. The van der Waals surface area contributed by atoms with Crippen LogP contribution in [0, 0.1) is 11.6 Å². The number of benzene rings is 2. The number of aromatic amines is 1. The number of para-hydroxylation sites is 3. The zero-order valence-corrected chi connectivity index (χ0v) is 12.2. The fraction of sp³-hybridized carbons (Fsp3) is 0. The van der Waals surface area contributed by atoms with Crippen LogP contribution >= 0.6 is 0 Å². The summed E-state index contributed by atoms with van der Waals surface area (Å²) in [5.41, 5.74) is 1.21. The zero-order valence-electron chi connectivity index (χ0n) is 12.2. The number of nitrogens with zero attached hydrogens (tertiary/aromatic N) is 1. The molecule has 0 fully saturated rings. The Morgan fingerprint density at radius 3 is 2.54 bits per heavy atom. The lowest BCUT2D eigenvalue weighted by atomic mass is 10.2. The highest BCUT2D eigenvalue weighted by Crippen LogP contribution is 2.29. The molecule has 1 amide bonds. The Bertz CT molecular complexity index is 1080. The fourth-order valence-corrected chi connectivity index (χ4v) is 2.74. The van der Waals surface area contributed by atoms with Gasteiger partial charge in [-0.3, -0.25) is 9.20 Å². The van der Waals surface area contributed by atoms with Crippen molar-refractivity contribution >= 4 is 28.3 Å².